The highest BCUT2D eigenvalue weighted by Gasteiger charge is 2.79. The van der Waals surface area contributed by atoms with Gasteiger partial charge in [-0.15, -0.1) is 13.2 Å². The van der Waals surface area contributed by atoms with Gasteiger partial charge in [0.25, 0.3) is 0 Å². The summed E-state index contributed by atoms with van der Waals surface area (Å²) in [5.74, 6) is -23.1. The van der Waals surface area contributed by atoms with Crippen LogP contribution in [0.2, 0.25) is 0 Å². The van der Waals surface area contributed by atoms with Crippen molar-refractivity contribution in [3.63, 3.8) is 0 Å². The molecular formula is C10H10F8. The molecule has 0 saturated heterocycles. The van der Waals surface area contributed by atoms with Crippen molar-refractivity contribution in [2.24, 2.45) is 0 Å². The highest BCUT2D eigenvalue weighted by atomic mass is 19.4. The van der Waals surface area contributed by atoms with Gasteiger partial charge in [-0.3, -0.25) is 0 Å². The van der Waals surface area contributed by atoms with Crippen LogP contribution in [-0.4, -0.2) is 23.7 Å². The monoisotopic (exact) mass is 282 g/mol. The molecule has 0 aliphatic heterocycles. The molecule has 0 radical (unpaired) electrons. The predicted octanol–water partition coefficient (Wildman–Crippen LogP) is 4.68. The molecule has 8 heteroatoms. The highest BCUT2D eigenvalue weighted by Crippen LogP contribution is 2.54. The summed E-state index contributed by atoms with van der Waals surface area (Å²) in [6, 6.07) is 0. The first-order chi connectivity index (χ1) is 7.87. The second-order valence-corrected chi connectivity index (χ2v) is 3.54. The van der Waals surface area contributed by atoms with E-state index in [4.69, 9.17) is 0 Å². The lowest BCUT2D eigenvalue weighted by atomic mass is 9.95. The highest BCUT2D eigenvalue weighted by molar-refractivity contribution is 5.06. The zero-order valence-electron chi connectivity index (χ0n) is 9.01. The molecule has 0 aromatic heterocycles. The third-order valence-corrected chi connectivity index (χ3v) is 2.11. The summed E-state index contributed by atoms with van der Waals surface area (Å²) in [7, 11) is 0. The Morgan fingerprint density at radius 3 is 1.00 bits per heavy atom. The van der Waals surface area contributed by atoms with Crippen molar-refractivity contribution in [1.29, 1.82) is 0 Å². The molecule has 0 aromatic carbocycles. The molecule has 0 saturated carbocycles. The van der Waals surface area contributed by atoms with Gasteiger partial charge in [0, 0.05) is 12.8 Å². The Bertz CT molecular complexity index is 286. The third-order valence-electron chi connectivity index (χ3n) is 2.11. The van der Waals surface area contributed by atoms with E-state index in [0.29, 0.717) is 0 Å². The number of allylic oxidation sites excluding steroid dienone is 2. The van der Waals surface area contributed by atoms with Gasteiger partial charge in [-0.1, -0.05) is 12.2 Å². The van der Waals surface area contributed by atoms with Gasteiger partial charge in [0.05, 0.1) is 0 Å². The van der Waals surface area contributed by atoms with Crippen molar-refractivity contribution in [3.8, 4) is 0 Å². The summed E-state index contributed by atoms with van der Waals surface area (Å²) in [4.78, 5) is 0. The number of hydrogen-bond donors (Lipinski definition) is 0. The maximum absolute atomic E-state index is 12.9. The van der Waals surface area contributed by atoms with Crippen molar-refractivity contribution < 1.29 is 35.1 Å². The molecule has 0 unspecified atom stereocenters. The van der Waals surface area contributed by atoms with Gasteiger partial charge in [-0.2, -0.15) is 35.1 Å². The Morgan fingerprint density at radius 2 is 0.833 bits per heavy atom. The molecule has 0 N–H and O–H groups in total. The first-order valence-electron chi connectivity index (χ1n) is 4.60. The Labute approximate surface area is 98.0 Å². The summed E-state index contributed by atoms with van der Waals surface area (Å²) in [6.07, 6.45) is -3.20. The zero-order chi connectivity index (χ0) is 14.8. The van der Waals surface area contributed by atoms with Crippen molar-refractivity contribution in [2.45, 2.75) is 36.5 Å². The minimum Gasteiger partial charge on any atom is -0.199 e. The third kappa shape index (κ3) is 2.51. The van der Waals surface area contributed by atoms with Gasteiger partial charge < -0.3 is 0 Å². The van der Waals surface area contributed by atoms with Gasteiger partial charge in [0.2, 0.25) is 0 Å². The fourth-order valence-corrected chi connectivity index (χ4v) is 1.08. The van der Waals surface area contributed by atoms with Crippen molar-refractivity contribution in [2.75, 3.05) is 0 Å². The van der Waals surface area contributed by atoms with Crippen LogP contribution >= 0.6 is 0 Å². The SMILES string of the molecule is C=CCC(F)(F)C(F)(F)C(F)(F)C(F)(F)CC=C. The van der Waals surface area contributed by atoms with Gasteiger partial charge in [0.15, 0.2) is 0 Å². The number of hydrogen-bond acceptors (Lipinski definition) is 0. The van der Waals surface area contributed by atoms with E-state index in [1.54, 1.807) is 0 Å². The molecule has 0 fully saturated rings. The number of alkyl halides is 8. The second-order valence-electron chi connectivity index (χ2n) is 3.54. The van der Waals surface area contributed by atoms with E-state index in [2.05, 4.69) is 13.2 Å². The molecule has 0 amide bonds. The Balaban J connectivity index is 5.56. The molecule has 106 valence electrons. The van der Waals surface area contributed by atoms with Crippen LogP contribution in [0.25, 0.3) is 0 Å². The maximum atomic E-state index is 12.9. The lowest BCUT2D eigenvalue weighted by molar-refractivity contribution is -0.364. The molecule has 0 heterocycles. The van der Waals surface area contributed by atoms with Crippen molar-refractivity contribution in [3.05, 3.63) is 25.3 Å². The van der Waals surface area contributed by atoms with Crippen molar-refractivity contribution in [1.82, 2.24) is 0 Å². The normalized spacial score (nSPS) is 14.4. The molecule has 0 rings (SSSR count). The quantitative estimate of drug-likeness (QED) is 0.470. The summed E-state index contributed by atoms with van der Waals surface area (Å²) in [5.41, 5.74) is 0. The molecule has 0 atom stereocenters. The molecule has 0 aliphatic carbocycles. The van der Waals surface area contributed by atoms with Crippen LogP contribution < -0.4 is 0 Å². The van der Waals surface area contributed by atoms with E-state index >= 15 is 0 Å². The van der Waals surface area contributed by atoms with Gasteiger partial charge in [0.1, 0.15) is 0 Å². The average Bonchev–Trinajstić information content (AvgIpc) is 2.16. The number of halogens is 8. The molecular weight excluding hydrogens is 272 g/mol. The minimum atomic E-state index is -6.21. The van der Waals surface area contributed by atoms with Crippen LogP contribution in [0.3, 0.4) is 0 Å². The maximum Gasteiger partial charge on any atom is 0.378 e. The summed E-state index contributed by atoms with van der Waals surface area (Å²) in [5, 5.41) is 0. The predicted molar refractivity (Wildman–Crippen MR) is 49.4 cm³/mol. The molecule has 0 bridgehead atoms. The summed E-state index contributed by atoms with van der Waals surface area (Å²) >= 11 is 0. The zero-order valence-corrected chi connectivity index (χ0v) is 9.01. The fourth-order valence-electron chi connectivity index (χ4n) is 1.08. The molecule has 0 aliphatic rings. The van der Waals surface area contributed by atoms with Crippen LogP contribution in [0.4, 0.5) is 35.1 Å². The Hall–Kier alpha value is -1.08. The van der Waals surface area contributed by atoms with Crippen LogP contribution in [0, 0.1) is 0 Å². The fraction of sp³-hybridized carbons (Fsp3) is 0.600. The van der Waals surface area contributed by atoms with E-state index in [1.165, 1.54) is 0 Å². The average molecular weight is 282 g/mol. The van der Waals surface area contributed by atoms with Crippen molar-refractivity contribution >= 4 is 0 Å². The van der Waals surface area contributed by atoms with E-state index < -0.39 is 36.5 Å². The lowest BCUT2D eigenvalue weighted by Gasteiger charge is -2.36. The molecule has 18 heavy (non-hydrogen) atoms. The number of rotatable bonds is 7. The summed E-state index contributed by atoms with van der Waals surface area (Å²) in [6.45, 7) is 5.36. The molecule has 0 nitrogen and oxygen atoms in total. The van der Waals surface area contributed by atoms with E-state index in [-0.39, 0.29) is 12.2 Å². The Kier molecular flexibility index (Phi) is 4.60. The molecule has 0 aromatic rings. The second kappa shape index (κ2) is 4.89. The standard InChI is InChI=1S/C10H10F8/c1-3-5-7(11,12)9(15,16)10(17,18)8(13,14)6-4-2/h3-4H,1-2,5-6H2. The minimum absolute atomic E-state index is 0.246. The van der Waals surface area contributed by atoms with Crippen LogP contribution in [0.5, 0.6) is 0 Å². The lowest BCUT2D eigenvalue weighted by Crippen LogP contribution is -2.61. The van der Waals surface area contributed by atoms with Gasteiger partial charge in [-0.25, -0.2) is 0 Å². The molecule has 0 spiro atoms. The van der Waals surface area contributed by atoms with Gasteiger partial charge in [-0.05, 0) is 0 Å². The van der Waals surface area contributed by atoms with Crippen LogP contribution in [-0.2, 0) is 0 Å². The first kappa shape index (κ1) is 16.9. The van der Waals surface area contributed by atoms with E-state index in [0.717, 1.165) is 0 Å². The van der Waals surface area contributed by atoms with Gasteiger partial charge >= 0.3 is 23.7 Å². The Morgan fingerprint density at radius 1 is 0.611 bits per heavy atom. The first-order valence-corrected chi connectivity index (χ1v) is 4.60. The smallest absolute Gasteiger partial charge is 0.199 e. The van der Waals surface area contributed by atoms with Crippen LogP contribution in [0.15, 0.2) is 25.3 Å². The van der Waals surface area contributed by atoms with E-state index in [1.807, 2.05) is 0 Å². The van der Waals surface area contributed by atoms with Crippen LogP contribution in [0.1, 0.15) is 12.8 Å². The topological polar surface area (TPSA) is 0 Å². The summed E-state index contributed by atoms with van der Waals surface area (Å²) < 4.78 is 103. The largest absolute Gasteiger partial charge is 0.378 e. The van der Waals surface area contributed by atoms with E-state index in [9.17, 15) is 35.1 Å².